The number of carbonyl (C=O) groups excluding carboxylic acids is 1. The molecule has 0 radical (unpaired) electrons. The fraction of sp³-hybridized carbons (Fsp3) is 0.520. The van der Waals surface area contributed by atoms with Gasteiger partial charge >= 0.3 is 0 Å². The Morgan fingerprint density at radius 3 is 2.79 bits per heavy atom. The fourth-order valence-electron chi connectivity index (χ4n) is 4.77. The third-order valence-electron chi connectivity index (χ3n) is 6.50. The first-order valence-corrected chi connectivity index (χ1v) is 10.9. The second-order valence-electron chi connectivity index (χ2n) is 8.51. The van der Waals surface area contributed by atoms with Crippen LogP contribution in [0.2, 0.25) is 0 Å². The Hall–Kier alpha value is -2.38. The Morgan fingerprint density at radius 2 is 1.97 bits per heavy atom. The van der Waals surface area contributed by atoms with Crippen molar-refractivity contribution in [2.24, 2.45) is 5.92 Å². The molecule has 2 aliphatic carbocycles. The molecule has 1 amide bonds. The van der Waals surface area contributed by atoms with Gasteiger partial charge in [-0.3, -0.25) is 9.78 Å². The number of aromatic nitrogens is 1. The standard InChI is InChI=1S/C25H30N2O2/c1-29-22-10-7-9-19(16-22)24(28)27-25(13-5-2-6-14-25)15-12-21-18-26-17-20-8-3-4-11-23(20)21/h3-4,8,11,17-19,22H,2,5-7,9-10,13-14,16H2,1H3,(H,27,28)/t19-,22-/m0/s1. The molecular weight excluding hydrogens is 360 g/mol. The van der Waals surface area contributed by atoms with E-state index in [9.17, 15) is 4.79 Å². The molecule has 0 unspecified atom stereocenters. The lowest BCUT2D eigenvalue weighted by Crippen LogP contribution is -2.51. The summed E-state index contributed by atoms with van der Waals surface area (Å²) in [4.78, 5) is 17.5. The predicted octanol–water partition coefficient (Wildman–Crippen LogP) is 4.61. The van der Waals surface area contributed by atoms with Crippen LogP contribution < -0.4 is 5.32 Å². The zero-order chi connectivity index (χ0) is 20.1. The number of hydrogen-bond acceptors (Lipinski definition) is 3. The van der Waals surface area contributed by atoms with E-state index in [0.29, 0.717) is 0 Å². The minimum Gasteiger partial charge on any atom is -0.381 e. The van der Waals surface area contributed by atoms with Crippen LogP contribution in [0.25, 0.3) is 10.8 Å². The van der Waals surface area contributed by atoms with E-state index in [-0.39, 0.29) is 17.9 Å². The highest BCUT2D eigenvalue weighted by Gasteiger charge is 2.35. The molecule has 2 atom stereocenters. The van der Waals surface area contributed by atoms with Crippen LogP contribution in [0.15, 0.2) is 36.7 Å². The van der Waals surface area contributed by atoms with Crippen LogP contribution in [-0.4, -0.2) is 29.6 Å². The average Bonchev–Trinajstić information content (AvgIpc) is 2.78. The quantitative estimate of drug-likeness (QED) is 0.779. The van der Waals surface area contributed by atoms with Crippen molar-refractivity contribution in [1.82, 2.24) is 10.3 Å². The topological polar surface area (TPSA) is 51.2 Å². The molecule has 0 saturated heterocycles. The van der Waals surface area contributed by atoms with E-state index in [0.717, 1.165) is 67.7 Å². The van der Waals surface area contributed by atoms with Gasteiger partial charge in [0.2, 0.25) is 5.91 Å². The van der Waals surface area contributed by atoms with Crippen molar-refractivity contribution >= 4 is 16.7 Å². The van der Waals surface area contributed by atoms with Gasteiger partial charge in [0.1, 0.15) is 5.54 Å². The van der Waals surface area contributed by atoms with Gasteiger partial charge in [0, 0.05) is 36.2 Å². The van der Waals surface area contributed by atoms with Crippen molar-refractivity contribution in [3.8, 4) is 11.8 Å². The number of ether oxygens (including phenoxy) is 1. The lowest BCUT2D eigenvalue weighted by molar-refractivity contribution is -0.129. The zero-order valence-corrected chi connectivity index (χ0v) is 17.2. The maximum Gasteiger partial charge on any atom is 0.224 e. The number of rotatable bonds is 3. The largest absolute Gasteiger partial charge is 0.381 e. The van der Waals surface area contributed by atoms with Crippen LogP contribution in [0.1, 0.15) is 63.4 Å². The molecule has 1 aromatic carbocycles. The summed E-state index contributed by atoms with van der Waals surface area (Å²) >= 11 is 0. The second-order valence-corrected chi connectivity index (χ2v) is 8.51. The molecule has 2 saturated carbocycles. The molecule has 0 bridgehead atoms. The zero-order valence-electron chi connectivity index (χ0n) is 17.2. The molecule has 2 aliphatic rings. The molecule has 4 rings (SSSR count). The number of pyridine rings is 1. The normalized spacial score (nSPS) is 23.8. The van der Waals surface area contributed by atoms with Crippen molar-refractivity contribution in [3.05, 3.63) is 42.2 Å². The van der Waals surface area contributed by atoms with Crippen LogP contribution in [0, 0.1) is 17.8 Å². The van der Waals surface area contributed by atoms with Crippen molar-refractivity contribution in [2.45, 2.75) is 69.4 Å². The van der Waals surface area contributed by atoms with E-state index in [1.807, 2.05) is 24.5 Å². The van der Waals surface area contributed by atoms with Gasteiger partial charge < -0.3 is 10.1 Å². The molecule has 0 spiro atoms. The van der Waals surface area contributed by atoms with Crippen LogP contribution in [-0.2, 0) is 9.53 Å². The van der Waals surface area contributed by atoms with Crippen LogP contribution in [0.3, 0.4) is 0 Å². The number of nitrogens with zero attached hydrogens (tertiary/aromatic N) is 1. The van der Waals surface area contributed by atoms with E-state index in [1.54, 1.807) is 7.11 Å². The molecule has 2 fully saturated rings. The molecule has 1 N–H and O–H groups in total. The van der Waals surface area contributed by atoms with Gasteiger partial charge in [-0.15, -0.1) is 0 Å². The van der Waals surface area contributed by atoms with Gasteiger partial charge in [-0.2, -0.15) is 0 Å². The Morgan fingerprint density at radius 1 is 1.14 bits per heavy atom. The highest BCUT2D eigenvalue weighted by molar-refractivity contribution is 5.87. The van der Waals surface area contributed by atoms with Gasteiger partial charge in [0.15, 0.2) is 0 Å². The maximum absolute atomic E-state index is 13.1. The molecule has 152 valence electrons. The number of methoxy groups -OCH3 is 1. The molecule has 29 heavy (non-hydrogen) atoms. The third kappa shape index (κ3) is 4.62. The van der Waals surface area contributed by atoms with E-state index >= 15 is 0 Å². The molecule has 1 heterocycles. The summed E-state index contributed by atoms with van der Waals surface area (Å²) in [7, 11) is 1.75. The second kappa shape index (κ2) is 8.97. The summed E-state index contributed by atoms with van der Waals surface area (Å²) in [5, 5.41) is 5.58. The van der Waals surface area contributed by atoms with Crippen molar-refractivity contribution in [3.63, 3.8) is 0 Å². The molecule has 4 nitrogen and oxygen atoms in total. The predicted molar refractivity (Wildman–Crippen MR) is 115 cm³/mol. The number of fused-ring (bicyclic) bond motifs is 1. The van der Waals surface area contributed by atoms with Gasteiger partial charge in [-0.05, 0) is 32.1 Å². The van der Waals surface area contributed by atoms with Crippen molar-refractivity contribution < 1.29 is 9.53 Å². The lowest BCUT2D eigenvalue weighted by Gasteiger charge is -2.36. The summed E-state index contributed by atoms with van der Waals surface area (Å²) in [6, 6.07) is 8.18. The highest BCUT2D eigenvalue weighted by atomic mass is 16.5. The number of hydrogen-bond donors (Lipinski definition) is 1. The van der Waals surface area contributed by atoms with Gasteiger partial charge in [0.05, 0.1) is 11.7 Å². The highest BCUT2D eigenvalue weighted by Crippen LogP contribution is 2.31. The number of benzene rings is 1. The Balaban J connectivity index is 1.58. The first-order valence-electron chi connectivity index (χ1n) is 10.9. The van der Waals surface area contributed by atoms with E-state index < -0.39 is 5.54 Å². The SMILES string of the molecule is CO[C@H]1CCC[C@H](C(=O)NC2(C#Cc3cncc4ccccc34)CCCCC2)C1. The van der Waals surface area contributed by atoms with E-state index in [2.05, 4.69) is 34.3 Å². The Bertz CT molecular complexity index is 916. The smallest absolute Gasteiger partial charge is 0.224 e. The van der Waals surface area contributed by atoms with Crippen LogP contribution in [0.5, 0.6) is 0 Å². The van der Waals surface area contributed by atoms with Gasteiger partial charge in [-0.1, -0.05) is 61.8 Å². The van der Waals surface area contributed by atoms with E-state index in [1.165, 1.54) is 6.42 Å². The maximum atomic E-state index is 13.1. The first kappa shape index (κ1) is 19.9. The molecule has 1 aromatic heterocycles. The molecule has 2 aromatic rings. The fourth-order valence-corrected chi connectivity index (χ4v) is 4.77. The Kier molecular flexibility index (Phi) is 6.16. The number of carbonyl (C=O) groups is 1. The number of nitrogens with one attached hydrogen (secondary N) is 1. The summed E-state index contributed by atoms with van der Waals surface area (Å²) in [5.41, 5.74) is 0.506. The van der Waals surface area contributed by atoms with Crippen molar-refractivity contribution in [1.29, 1.82) is 0 Å². The average molecular weight is 391 g/mol. The lowest BCUT2D eigenvalue weighted by atomic mass is 9.80. The molecular formula is C25H30N2O2. The summed E-state index contributed by atoms with van der Waals surface area (Å²) in [6.07, 6.45) is 13.0. The minimum atomic E-state index is -0.424. The minimum absolute atomic E-state index is 0.0357. The van der Waals surface area contributed by atoms with Crippen molar-refractivity contribution in [2.75, 3.05) is 7.11 Å². The van der Waals surface area contributed by atoms with E-state index in [4.69, 9.17) is 4.74 Å². The van der Waals surface area contributed by atoms with Crippen LogP contribution in [0.4, 0.5) is 0 Å². The summed E-state index contributed by atoms with van der Waals surface area (Å²) in [5.74, 6) is 7.05. The van der Waals surface area contributed by atoms with Gasteiger partial charge in [0.25, 0.3) is 0 Å². The third-order valence-corrected chi connectivity index (χ3v) is 6.50. The first-order chi connectivity index (χ1) is 14.2. The molecule has 4 heteroatoms. The summed E-state index contributed by atoms with van der Waals surface area (Å²) in [6.45, 7) is 0. The Labute approximate surface area is 173 Å². The monoisotopic (exact) mass is 390 g/mol. The molecule has 0 aliphatic heterocycles. The number of amides is 1. The summed E-state index contributed by atoms with van der Waals surface area (Å²) < 4.78 is 5.52. The van der Waals surface area contributed by atoms with Gasteiger partial charge in [-0.25, -0.2) is 0 Å². The van der Waals surface area contributed by atoms with Crippen LogP contribution >= 0.6 is 0 Å².